The molecule has 0 bridgehead atoms. The number of para-hydroxylation sites is 2. The van der Waals surface area contributed by atoms with Crippen molar-refractivity contribution in [3.8, 4) is 5.82 Å². The zero-order valence-electron chi connectivity index (χ0n) is 24.3. The Bertz CT molecular complexity index is 1530. The number of halogens is 2. The summed E-state index contributed by atoms with van der Waals surface area (Å²) in [4.78, 5) is 30.9. The first-order chi connectivity index (χ1) is 21.0. The summed E-state index contributed by atoms with van der Waals surface area (Å²) in [6, 6.07) is 18.6. The Hall–Kier alpha value is -4.12. The zero-order valence-corrected chi connectivity index (χ0v) is 24.3. The summed E-state index contributed by atoms with van der Waals surface area (Å²) in [5.41, 5.74) is 2.33. The van der Waals surface area contributed by atoms with Gasteiger partial charge in [0.15, 0.2) is 5.82 Å². The fraction of sp³-hybridized carbons (Fsp3) is 0.438. The van der Waals surface area contributed by atoms with Gasteiger partial charge >= 0.3 is 0 Å². The molecule has 226 valence electrons. The molecule has 6 rings (SSSR count). The molecular formula is C32H37F2N7O2. The summed E-state index contributed by atoms with van der Waals surface area (Å²) in [6.45, 7) is 5.51. The number of carbonyl (C=O) groups is 1. The van der Waals surface area contributed by atoms with Crippen molar-refractivity contribution in [3.63, 3.8) is 0 Å². The van der Waals surface area contributed by atoms with Gasteiger partial charge in [0.1, 0.15) is 17.7 Å². The summed E-state index contributed by atoms with van der Waals surface area (Å²) < 4.78 is 35.2. The Kier molecular flexibility index (Phi) is 8.78. The first-order valence-electron chi connectivity index (χ1n) is 15.0. The Morgan fingerprint density at radius 1 is 0.953 bits per heavy atom. The van der Waals surface area contributed by atoms with Crippen molar-refractivity contribution in [1.29, 1.82) is 0 Å². The van der Waals surface area contributed by atoms with Crippen LogP contribution in [0.2, 0.25) is 0 Å². The number of fused-ring (bicyclic) bond motifs is 1. The van der Waals surface area contributed by atoms with Gasteiger partial charge in [-0.05, 0) is 56.2 Å². The number of imidazole rings is 1. The topological polar surface area (TPSA) is 88.4 Å². The number of likely N-dealkylation sites (tertiary alicyclic amines) is 1. The van der Waals surface area contributed by atoms with Gasteiger partial charge in [-0.1, -0.05) is 42.5 Å². The zero-order chi connectivity index (χ0) is 29.8. The Balaban J connectivity index is 1.19. The predicted molar refractivity (Wildman–Crippen MR) is 162 cm³/mol. The van der Waals surface area contributed by atoms with E-state index >= 15 is 0 Å². The lowest BCUT2D eigenvalue weighted by atomic mass is 9.90. The van der Waals surface area contributed by atoms with E-state index < -0.39 is 18.3 Å². The van der Waals surface area contributed by atoms with E-state index in [0.29, 0.717) is 62.2 Å². The van der Waals surface area contributed by atoms with Crippen molar-refractivity contribution >= 4 is 28.7 Å². The third-order valence-corrected chi connectivity index (χ3v) is 8.37. The first-order valence-corrected chi connectivity index (χ1v) is 15.0. The van der Waals surface area contributed by atoms with Crippen molar-refractivity contribution in [2.24, 2.45) is 5.92 Å². The standard InChI is InChI=1S/C32H37F2N7O2/c1-22(31(42)40-15-13-24(14-16-40)12-11-23-7-3-2-4-8-23)35-32-37-27(39-17-19-43-20-18-39)21-28(38-32)41-26-10-6-5-9-25(26)36-30(41)29(33)34/h2-10,21-22,24,29H,11-20H2,1H3,(H,35,37,38)/t22-/m0/s1. The normalized spacial score (nSPS) is 17.0. The minimum absolute atomic E-state index is 0.0233. The number of hydrogen-bond acceptors (Lipinski definition) is 7. The van der Waals surface area contributed by atoms with E-state index in [1.807, 2.05) is 15.9 Å². The van der Waals surface area contributed by atoms with Gasteiger partial charge in [-0.2, -0.15) is 9.97 Å². The number of morpholine rings is 1. The van der Waals surface area contributed by atoms with Crippen molar-refractivity contribution in [2.75, 3.05) is 49.6 Å². The highest BCUT2D eigenvalue weighted by atomic mass is 19.3. The highest BCUT2D eigenvalue weighted by molar-refractivity contribution is 5.84. The Labute approximate surface area is 249 Å². The molecule has 2 aromatic heterocycles. The number of alkyl halides is 2. The minimum Gasteiger partial charge on any atom is -0.378 e. The molecular weight excluding hydrogens is 552 g/mol. The smallest absolute Gasteiger partial charge is 0.296 e. The number of ether oxygens (including phenoxy) is 1. The summed E-state index contributed by atoms with van der Waals surface area (Å²) in [7, 11) is 0. The van der Waals surface area contributed by atoms with Gasteiger partial charge < -0.3 is 19.9 Å². The fourth-order valence-electron chi connectivity index (χ4n) is 5.97. The summed E-state index contributed by atoms with van der Waals surface area (Å²) >= 11 is 0. The van der Waals surface area contributed by atoms with Gasteiger partial charge in [-0.15, -0.1) is 0 Å². The van der Waals surface area contributed by atoms with Gasteiger partial charge in [0.25, 0.3) is 6.43 Å². The number of nitrogens with zero attached hydrogens (tertiary/aromatic N) is 6. The Morgan fingerprint density at radius 2 is 1.65 bits per heavy atom. The van der Waals surface area contributed by atoms with Crippen LogP contribution in [0.25, 0.3) is 16.9 Å². The number of carbonyl (C=O) groups excluding carboxylic acids is 1. The highest BCUT2D eigenvalue weighted by Gasteiger charge is 2.28. The van der Waals surface area contributed by atoms with Crippen LogP contribution < -0.4 is 10.2 Å². The monoisotopic (exact) mass is 589 g/mol. The molecule has 0 saturated carbocycles. The number of piperidine rings is 1. The number of anilines is 2. The van der Waals surface area contributed by atoms with E-state index in [4.69, 9.17) is 9.72 Å². The number of aryl methyl sites for hydroxylation is 1. The SMILES string of the molecule is C[C@H](Nc1nc(N2CCOCC2)cc(-n2c(C(F)F)nc3ccccc32)n1)C(=O)N1CCC(CCc2ccccc2)CC1. The average Bonchev–Trinajstić information content (AvgIpc) is 3.45. The van der Waals surface area contributed by atoms with Crippen LogP contribution in [0.3, 0.4) is 0 Å². The lowest BCUT2D eigenvalue weighted by Gasteiger charge is -2.34. The molecule has 2 aromatic carbocycles. The Morgan fingerprint density at radius 3 is 2.40 bits per heavy atom. The summed E-state index contributed by atoms with van der Waals surface area (Å²) in [5.74, 6) is 1.23. The second kappa shape index (κ2) is 13.0. The van der Waals surface area contributed by atoms with E-state index in [9.17, 15) is 13.6 Å². The van der Waals surface area contributed by atoms with Crippen LogP contribution in [0, 0.1) is 5.92 Å². The van der Waals surface area contributed by atoms with Crippen LogP contribution in [0.4, 0.5) is 20.5 Å². The van der Waals surface area contributed by atoms with E-state index in [1.54, 1.807) is 37.3 Å². The molecule has 1 amide bonds. The van der Waals surface area contributed by atoms with Crippen LogP contribution in [0.1, 0.15) is 44.0 Å². The number of aromatic nitrogens is 4. The second-order valence-electron chi connectivity index (χ2n) is 11.3. The molecule has 1 N–H and O–H groups in total. The second-order valence-corrected chi connectivity index (χ2v) is 11.3. The number of benzene rings is 2. The van der Waals surface area contributed by atoms with Gasteiger partial charge in [-0.25, -0.2) is 13.8 Å². The van der Waals surface area contributed by atoms with Crippen molar-refractivity contribution < 1.29 is 18.3 Å². The van der Waals surface area contributed by atoms with Gasteiger partial charge in [0, 0.05) is 32.2 Å². The molecule has 2 fully saturated rings. The number of hydrogen-bond donors (Lipinski definition) is 1. The lowest BCUT2D eigenvalue weighted by Crippen LogP contribution is -2.45. The molecule has 1 atom stereocenters. The molecule has 0 unspecified atom stereocenters. The average molecular weight is 590 g/mol. The fourth-order valence-corrected chi connectivity index (χ4v) is 5.97. The largest absolute Gasteiger partial charge is 0.378 e. The van der Waals surface area contributed by atoms with E-state index in [0.717, 1.165) is 25.7 Å². The molecule has 0 radical (unpaired) electrons. The van der Waals surface area contributed by atoms with Crippen molar-refractivity contribution in [1.82, 2.24) is 24.4 Å². The molecule has 43 heavy (non-hydrogen) atoms. The van der Waals surface area contributed by atoms with Crippen LogP contribution in [-0.4, -0.2) is 75.8 Å². The molecule has 0 aliphatic carbocycles. The maximum atomic E-state index is 14.2. The molecule has 2 aliphatic rings. The number of rotatable bonds is 9. The lowest BCUT2D eigenvalue weighted by molar-refractivity contribution is -0.133. The molecule has 2 aliphatic heterocycles. The van der Waals surface area contributed by atoms with E-state index in [1.165, 1.54) is 10.1 Å². The summed E-state index contributed by atoms with van der Waals surface area (Å²) in [5, 5.41) is 3.18. The quantitative estimate of drug-likeness (QED) is 0.285. The molecule has 0 spiro atoms. The van der Waals surface area contributed by atoms with Crippen LogP contribution in [0.15, 0.2) is 60.7 Å². The summed E-state index contributed by atoms with van der Waals surface area (Å²) in [6.07, 6.45) is 1.32. The predicted octanol–water partition coefficient (Wildman–Crippen LogP) is 5.26. The first kappa shape index (κ1) is 29.0. The molecule has 4 aromatic rings. The van der Waals surface area contributed by atoms with Crippen molar-refractivity contribution in [3.05, 3.63) is 72.1 Å². The van der Waals surface area contributed by atoms with Crippen LogP contribution in [-0.2, 0) is 16.0 Å². The maximum Gasteiger partial charge on any atom is 0.296 e. The molecule has 2 saturated heterocycles. The highest BCUT2D eigenvalue weighted by Crippen LogP contribution is 2.30. The van der Waals surface area contributed by atoms with Gasteiger partial charge in [0.2, 0.25) is 11.9 Å². The van der Waals surface area contributed by atoms with Crippen LogP contribution in [0.5, 0.6) is 0 Å². The number of amides is 1. The van der Waals surface area contributed by atoms with Crippen molar-refractivity contribution in [2.45, 2.75) is 45.1 Å². The minimum atomic E-state index is -2.80. The number of nitrogens with one attached hydrogen (secondary N) is 1. The van der Waals surface area contributed by atoms with Crippen LogP contribution >= 0.6 is 0 Å². The van der Waals surface area contributed by atoms with E-state index in [-0.39, 0.29) is 17.7 Å². The molecule has 11 heteroatoms. The third-order valence-electron chi connectivity index (χ3n) is 8.37. The van der Waals surface area contributed by atoms with Gasteiger partial charge in [-0.3, -0.25) is 9.36 Å². The maximum absolute atomic E-state index is 14.2. The molecule has 4 heterocycles. The molecule has 9 nitrogen and oxygen atoms in total. The van der Waals surface area contributed by atoms with E-state index in [2.05, 4.69) is 39.6 Å². The third kappa shape index (κ3) is 6.61. The van der Waals surface area contributed by atoms with Gasteiger partial charge in [0.05, 0.1) is 24.2 Å².